The molecule has 0 bridgehead atoms. The molecule has 1 aromatic heterocycles. The molecule has 108 valence electrons. The standard InChI is InChI=1S/C14H17NO3S2/c1-10-9-14(11(2)19-10)20(17,18)15-13-5-3-12(4-6-13)7-8-16/h3-6,9,15-16H,7-8H2,1-2H3. The fourth-order valence-corrected chi connectivity index (χ4v) is 4.57. The minimum Gasteiger partial charge on any atom is -0.396 e. The summed E-state index contributed by atoms with van der Waals surface area (Å²) in [5, 5.41) is 8.85. The van der Waals surface area contributed by atoms with E-state index in [1.54, 1.807) is 37.3 Å². The van der Waals surface area contributed by atoms with Crippen LogP contribution in [-0.4, -0.2) is 20.1 Å². The van der Waals surface area contributed by atoms with Crippen LogP contribution in [0.25, 0.3) is 0 Å². The molecule has 0 aliphatic carbocycles. The van der Waals surface area contributed by atoms with Crippen LogP contribution in [0.3, 0.4) is 0 Å². The Balaban J connectivity index is 2.22. The molecule has 0 saturated carbocycles. The van der Waals surface area contributed by atoms with Crippen LogP contribution in [0.2, 0.25) is 0 Å². The first-order valence-corrected chi connectivity index (χ1v) is 8.52. The van der Waals surface area contributed by atoms with E-state index in [9.17, 15) is 8.42 Å². The second-order valence-corrected chi connectivity index (χ2v) is 7.66. The van der Waals surface area contributed by atoms with Crippen molar-refractivity contribution >= 4 is 27.0 Å². The molecule has 2 rings (SSSR count). The highest BCUT2D eigenvalue weighted by Gasteiger charge is 2.19. The van der Waals surface area contributed by atoms with Gasteiger partial charge in [0.05, 0.1) is 0 Å². The average Bonchev–Trinajstić information content (AvgIpc) is 2.72. The second-order valence-electron chi connectivity index (χ2n) is 4.55. The van der Waals surface area contributed by atoms with Gasteiger partial charge in [-0.25, -0.2) is 8.42 Å². The maximum atomic E-state index is 12.3. The van der Waals surface area contributed by atoms with E-state index in [0.717, 1.165) is 15.3 Å². The third-order valence-electron chi connectivity index (χ3n) is 2.89. The van der Waals surface area contributed by atoms with Gasteiger partial charge in [0.1, 0.15) is 4.90 Å². The highest BCUT2D eigenvalue weighted by Crippen LogP contribution is 2.26. The zero-order valence-electron chi connectivity index (χ0n) is 11.4. The summed E-state index contributed by atoms with van der Waals surface area (Å²) in [6.45, 7) is 3.77. The summed E-state index contributed by atoms with van der Waals surface area (Å²) in [5.41, 5.74) is 1.49. The molecule has 0 atom stereocenters. The molecule has 2 N–H and O–H groups in total. The molecule has 0 aliphatic heterocycles. The number of rotatable bonds is 5. The van der Waals surface area contributed by atoms with Crippen LogP contribution in [0.15, 0.2) is 35.2 Å². The lowest BCUT2D eigenvalue weighted by Gasteiger charge is -2.08. The van der Waals surface area contributed by atoms with Crippen molar-refractivity contribution in [1.29, 1.82) is 0 Å². The summed E-state index contributed by atoms with van der Waals surface area (Å²) in [7, 11) is -3.54. The third-order valence-corrected chi connectivity index (χ3v) is 5.49. The normalized spacial score (nSPS) is 11.6. The molecule has 1 heterocycles. The molecular formula is C14H17NO3S2. The van der Waals surface area contributed by atoms with Crippen LogP contribution < -0.4 is 4.72 Å². The molecule has 1 aromatic carbocycles. The Morgan fingerprint density at radius 1 is 1.20 bits per heavy atom. The number of hydrogen-bond donors (Lipinski definition) is 2. The summed E-state index contributed by atoms with van der Waals surface area (Å²) in [6.07, 6.45) is 0.565. The predicted octanol–water partition coefficient (Wildman–Crippen LogP) is 2.70. The SMILES string of the molecule is Cc1cc(S(=O)(=O)Nc2ccc(CCO)cc2)c(C)s1. The third kappa shape index (κ3) is 3.39. The van der Waals surface area contributed by atoms with E-state index < -0.39 is 10.0 Å². The Kier molecular flexibility index (Phi) is 4.47. The zero-order chi connectivity index (χ0) is 14.8. The van der Waals surface area contributed by atoms with Crippen molar-refractivity contribution in [3.05, 3.63) is 45.6 Å². The molecule has 0 unspecified atom stereocenters. The fourth-order valence-electron chi connectivity index (χ4n) is 1.95. The van der Waals surface area contributed by atoms with Crippen molar-refractivity contribution in [2.75, 3.05) is 11.3 Å². The van der Waals surface area contributed by atoms with Crippen molar-refractivity contribution in [3.63, 3.8) is 0 Å². The van der Waals surface area contributed by atoms with Crippen molar-refractivity contribution in [2.24, 2.45) is 0 Å². The number of aryl methyl sites for hydroxylation is 2. The number of sulfonamides is 1. The van der Waals surface area contributed by atoms with Crippen LogP contribution in [-0.2, 0) is 16.4 Å². The minimum atomic E-state index is -3.54. The molecular weight excluding hydrogens is 294 g/mol. The molecule has 4 nitrogen and oxygen atoms in total. The van der Waals surface area contributed by atoms with Crippen molar-refractivity contribution in [2.45, 2.75) is 25.2 Å². The molecule has 0 saturated heterocycles. The molecule has 6 heteroatoms. The van der Waals surface area contributed by atoms with Gasteiger partial charge in [-0.05, 0) is 44.0 Å². The lowest BCUT2D eigenvalue weighted by molar-refractivity contribution is 0.299. The van der Waals surface area contributed by atoms with Gasteiger partial charge >= 0.3 is 0 Å². The molecule has 0 spiro atoms. The van der Waals surface area contributed by atoms with Gasteiger partial charge in [-0.3, -0.25) is 4.72 Å². The minimum absolute atomic E-state index is 0.0818. The number of anilines is 1. The quantitative estimate of drug-likeness (QED) is 0.892. The summed E-state index contributed by atoms with van der Waals surface area (Å²) < 4.78 is 27.2. The fraction of sp³-hybridized carbons (Fsp3) is 0.286. The number of aliphatic hydroxyl groups is 1. The topological polar surface area (TPSA) is 66.4 Å². The van der Waals surface area contributed by atoms with Gasteiger partial charge in [0.2, 0.25) is 0 Å². The van der Waals surface area contributed by atoms with Gasteiger partial charge in [0.15, 0.2) is 0 Å². The maximum Gasteiger partial charge on any atom is 0.262 e. The largest absolute Gasteiger partial charge is 0.396 e. The highest BCUT2D eigenvalue weighted by molar-refractivity contribution is 7.93. The van der Waals surface area contributed by atoms with Crippen LogP contribution >= 0.6 is 11.3 Å². The van der Waals surface area contributed by atoms with E-state index in [-0.39, 0.29) is 6.61 Å². The number of nitrogens with one attached hydrogen (secondary N) is 1. The first-order chi connectivity index (χ1) is 9.42. The Morgan fingerprint density at radius 3 is 2.35 bits per heavy atom. The van der Waals surface area contributed by atoms with Crippen molar-refractivity contribution in [3.8, 4) is 0 Å². The van der Waals surface area contributed by atoms with Gasteiger partial charge in [-0.2, -0.15) is 0 Å². The smallest absolute Gasteiger partial charge is 0.262 e. The Bertz CT molecular complexity index is 688. The number of aliphatic hydroxyl groups excluding tert-OH is 1. The van der Waals surface area contributed by atoms with Crippen LogP contribution in [0.4, 0.5) is 5.69 Å². The monoisotopic (exact) mass is 311 g/mol. The summed E-state index contributed by atoms with van der Waals surface area (Å²) in [5.74, 6) is 0. The molecule has 20 heavy (non-hydrogen) atoms. The van der Waals surface area contributed by atoms with Gasteiger partial charge in [0.25, 0.3) is 10.0 Å². The van der Waals surface area contributed by atoms with Crippen LogP contribution in [0, 0.1) is 13.8 Å². The summed E-state index contributed by atoms with van der Waals surface area (Å²) in [6, 6.07) is 8.70. The van der Waals surface area contributed by atoms with E-state index in [4.69, 9.17) is 5.11 Å². The Labute approximate surface area is 123 Å². The number of benzene rings is 1. The molecule has 0 fully saturated rings. The number of thiophene rings is 1. The highest BCUT2D eigenvalue weighted by atomic mass is 32.2. The van der Waals surface area contributed by atoms with Crippen molar-refractivity contribution < 1.29 is 13.5 Å². The summed E-state index contributed by atoms with van der Waals surface area (Å²) >= 11 is 1.47. The average molecular weight is 311 g/mol. The van der Waals surface area contributed by atoms with E-state index in [1.165, 1.54) is 11.3 Å². The van der Waals surface area contributed by atoms with Gasteiger partial charge in [-0.15, -0.1) is 11.3 Å². The second kappa shape index (κ2) is 5.95. The Morgan fingerprint density at radius 2 is 1.85 bits per heavy atom. The Hall–Kier alpha value is -1.37. The lowest BCUT2D eigenvalue weighted by atomic mass is 10.1. The van der Waals surface area contributed by atoms with E-state index in [2.05, 4.69) is 4.72 Å². The predicted molar refractivity (Wildman–Crippen MR) is 81.8 cm³/mol. The van der Waals surface area contributed by atoms with Gasteiger partial charge in [-0.1, -0.05) is 12.1 Å². The first-order valence-electron chi connectivity index (χ1n) is 6.22. The molecule has 2 aromatic rings. The van der Waals surface area contributed by atoms with Gasteiger partial charge in [0, 0.05) is 22.0 Å². The van der Waals surface area contributed by atoms with Crippen molar-refractivity contribution in [1.82, 2.24) is 0 Å². The molecule has 0 amide bonds. The van der Waals surface area contributed by atoms with Crippen LogP contribution in [0.5, 0.6) is 0 Å². The van der Waals surface area contributed by atoms with E-state index in [1.807, 2.05) is 6.92 Å². The molecule has 0 radical (unpaired) electrons. The van der Waals surface area contributed by atoms with Crippen LogP contribution in [0.1, 0.15) is 15.3 Å². The lowest BCUT2D eigenvalue weighted by Crippen LogP contribution is -2.13. The zero-order valence-corrected chi connectivity index (χ0v) is 13.0. The first kappa shape index (κ1) is 15.0. The van der Waals surface area contributed by atoms with Gasteiger partial charge < -0.3 is 5.11 Å². The molecule has 0 aliphatic rings. The maximum absolute atomic E-state index is 12.3. The number of hydrogen-bond acceptors (Lipinski definition) is 4. The van der Waals surface area contributed by atoms with E-state index >= 15 is 0 Å². The summed E-state index contributed by atoms with van der Waals surface area (Å²) in [4.78, 5) is 2.09. The van der Waals surface area contributed by atoms with E-state index in [0.29, 0.717) is 17.0 Å².